The number of rotatable bonds is 2. The minimum absolute atomic E-state index is 0.106. The van der Waals surface area contributed by atoms with Crippen LogP contribution in [0.15, 0.2) is 24.3 Å². The average Bonchev–Trinajstić information content (AvgIpc) is 2.80. The van der Waals surface area contributed by atoms with Gasteiger partial charge in [0.2, 0.25) is 0 Å². The molecule has 1 aromatic heterocycles. The smallest absolute Gasteiger partial charge is 0.356 e. The van der Waals surface area contributed by atoms with Gasteiger partial charge >= 0.3 is 5.97 Å². The Bertz CT molecular complexity index is 676. The molecule has 1 aliphatic heterocycles. The van der Waals surface area contributed by atoms with E-state index in [9.17, 15) is 15.0 Å². The van der Waals surface area contributed by atoms with Crippen molar-refractivity contribution in [2.24, 2.45) is 0 Å². The Labute approximate surface area is 116 Å². The van der Waals surface area contributed by atoms with E-state index in [2.05, 4.69) is 11.9 Å². The summed E-state index contributed by atoms with van der Waals surface area (Å²) in [5.41, 5.74) is 1.44. The number of phenolic OH excluding ortho intramolecular Hbond substituents is 1. The number of phenols is 1. The summed E-state index contributed by atoms with van der Waals surface area (Å²) < 4.78 is 1.96. The van der Waals surface area contributed by atoms with Crippen molar-refractivity contribution in [2.45, 2.75) is 32.2 Å². The fourth-order valence-electron chi connectivity index (χ4n) is 2.90. The number of aromatic hydroxyl groups is 1. The van der Waals surface area contributed by atoms with Crippen molar-refractivity contribution < 1.29 is 15.0 Å². The first kappa shape index (κ1) is 12.7. The molecule has 0 fully saturated rings. The Hall–Kier alpha value is -2.30. The molecule has 0 bridgehead atoms. The molecule has 0 saturated carbocycles. The van der Waals surface area contributed by atoms with Crippen molar-refractivity contribution in [2.75, 3.05) is 0 Å². The minimum Gasteiger partial charge on any atom is -0.507 e. The van der Waals surface area contributed by atoms with Gasteiger partial charge in [-0.25, -0.2) is 9.78 Å². The van der Waals surface area contributed by atoms with Gasteiger partial charge in [0.25, 0.3) is 0 Å². The van der Waals surface area contributed by atoms with Gasteiger partial charge < -0.3 is 14.8 Å². The average molecular weight is 272 g/mol. The van der Waals surface area contributed by atoms with Crippen LogP contribution < -0.4 is 0 Å². The summed E-state index contributed by atoms with van der Waals surface area (Å²) >= 11 is 0. The maximum absolute atomic E-state index is 11.4. The van der Waals surface area contributed by atoms with Crippen molar-refractivity contribution in [3.8, 4) is 17.1 Å². The fourth-order valence-corrected chi connectivity index (χ4v) is 2.90. The van der Waals surface area contributed by atoms with E-state index in [1.54, 1.807) is 18.2 Å². The van der Waals surface area contributed by atoms with Crippen molar-refractivity contribution >= 4 is 5.97 Å². The highest BCUT2D eigenvalue weighted by Crippen LogP contribution is 2.36. The highest BCUT2D eigenvalue weighted by atomic mass is 16.4. The standard InChI is InChI=1S/C15H16N2O3/c1-9-5-4-7-11-13(15(19)20)16-14(17(9)11)10-6-2-3-8-12(10)18/h2-3,6,8-9,18H,4-5,7H2,1H3,(H,19,20). The molecule has 104 valence electrons. The second-order valence-corrected chi connectivity index (χ2v) is 5.16. The number of hydrogen-bond donors (Lipinski definition) is 2. The molecule has 2 aromatic rings. The summed E-state index contributed by atoms with van der Waals surface area (Å²) in [4.78, 5) is 15.6. The number of hydrogen-bond acceptors (Lipinski definition) is 3. The fraction of sp³-hybridized carbons (Fsp3) is 0.333. The first-order valence-corrected chi connectivity index (χ1v) is 6.72. The Kier molecular flexibility index (Phi) is 2.97. The number of imidazole rings is 1. The van der Waals surface area contributed by atoms with Gasteiger partial charge in [0, 0.05) is 6.04 Å². The molecule has 0 amide bonds. The van der Waals surface area contributed by atoms with Gasteiger partial charge in [0.15, 0.2) is 5.69 Å². The largest absolute Gasteiger partial charge is 0.507 e. The molecule has 2 heterocycles. The number of para-hydroxylation sites is 1. The van der Waals surface area contributed by atoms with E-state index in [0.717, 1.165) is 18.5 Å². The summed E-state index contributed by atoms with van der Waals surface area (Å²) in [5, 5.41) is 19.3. The van der Waals surface area contributed by atoms with Crippen LogP contribution >= 0.6 is 0 Å². The Morgan fingerprint density at radius 2 is 2.15 bits per heavy atom. The van der Waals surface area contributed by atoms with E-state index in [-0.39, 0.29) is 17.5 Å². The normalized spacial score (nSPS) is 17.8. The van der Waals surface area contributed by atoms with Crippen LogP contribution in [-0.2, 0) is 6.42 Å². The molecule has 1 unspecified atom stereocenters. The van der Waals surface area contributed by atoms with E-state index in [0.29, 0.717) is 17.8 Å². The summed E-state index contributed by atoms with van der Waals surface area (Å²) in [5.74, 6) is -0.345. The van der Waals surface area contributed by atoms with Gasteiger partial charge in [-0.15, -0.1) is 0 Å². The molecule has 2 N–H and O–H groups in total. The van der Waals surface area contributed by atoms with Gasteiger partial charge in [0.05, 0.1) is 11.3 Å². The Morgan fingerprint density at radius 1 is 1.40 bits per heavy atom. The lowest BCUT2D eigenvalue weighted by Gasteiger charge is -2.24. The van der Waals surface area contributed by atoms with Crippen LogP contribution in [-0.4, -0.2) is 25.7 Å². The first-order chi connectivity index (χ1) is 9.59. The molecule has 0 saturated heterocycles. The number of fused-ring (bicyclic) bond motifs is 1. The Balaban J connectivity index is 2.26. The van der Waals surface area contributed by atoms with Crippen molar-refractivity contribution in [3.63, 3.8) is 0 Å². The van der Waals surface area contributed by atoms with Crippen LogP contribution in [0, 0.1) is 0 Å². The predicted octanol–water partition coefficient (Wildman–Crippen LogP) is 2.85. The molecule has 1 atom stereocenters. The lowest BCUT2D eigenvalue weighted by Crippen LogP contribution is -2.17. The number of nitrogens with zero attached hydrogens (tertiary/aromatic N) is 2. The second-order valence-electron chi connectivity index (χ2n) is 5.16. The van der Waals surface area contributed by atoms with E-state index >= 15 is 0 Å². The molecule has 5 nitrogen and oxygen atoms in total. The third-order valence-corrected chi connectivity index (χ3v) is 3.83. The quantitative estimate of drug-likeness (QED) is 0.881. The number of carbonyl (C=O) groups is 1. The monoisotopic (exact) mass is 272 g/mol. The number of aromatic carboxylic acids is 1. The molecular formula is C15H16N2O3. The number of carboxylic acids is 1. The predicted molar refractivity (Wildman–Crippen MR) is 73.9 cm³/mol. The van der Waals surface area contributed by atoms with Gasteiger partial charge in [-0.05, 0) is 38.3 Å². The zero-order valence-corrected chi connectivity index (χ0v) is 11.2. The zero-order valence-electron chi connectivity index (χ0n) is 11.2. The Morgan fingerprint density at radius 3 is 2.85 bits per heavy atom. The van der Waals surface area contributed by atoms with Gasteiger partial charge in [-0.3, -0.25) is 0 Å². The molecular weight excluding hydrogens is 256 g/mol. The van der Waals surface area contributed by atoms with E-state index in [1.807, 2.05) is 10.6 Å². The lowest BCUT2D eigenvalue weighted by molar-refractivity contribution is 0.0689. The molecule has 20 heavy (non-hydrogen) atoms. The van der Waals surface area contributed by atoms with E-state index < -0.39 is 5.97 Å². The van der Waals surface area contributed by atoms with Crippen molar-refractivity contribution in [1.29, 1.82) is 0 Å². The SMILES string of the molecule is CC1CCCc2c(C(=O)O)nc(-c3ccccc3O)n21. The van der Waals surface area contributed by atoms with Crippen LogP contribution in [0.2, 0.25) is 0 Å². The van der Waals surface area contributed by atoms with Gasteiger partial charge in [-0.1, -0.05) is 12.1 Å². The van der Waals surface area contributed by atoms with E-state index in [1.165, 1.54) is 0 Å². The van der Waals surface area contributed by atoms with Crippen LogP contribution in [0.25, 0.3) is 11.4 Å². The molecule has 3 rings (SSSR count). The van der Waals surface area contributed by atoms with Crippen molar-refractivity contribution in [3.05, 3.63) is 35.7 Å². The molecule has 5 heteroatoms. The minimum atomic E-state index is -1.01. The molecule has 0 radical (unpaired) electrons. The second kappa shape index (κ2) is 4.67. The van der Waals surface area contributed by atoms with Crippen LogP contribution in [0.5, 0.6) is 5.75 Å². The highest BCUT2D eigenvalue weighted by molar-refractivity contribution is 5.88. The maximum atomic E-state index is 11.4. The van der Waals surface area contributed by atoms with Crippen molar-refractivity contribution in [1.82, 2.24) is 9.55 Å². The lowest BCUT2D eigenvalue weighted by atomic mass is 10.0. The van der Waals surface area contributed by atoms with Crippen LogP contribution in [0.4, 0.5) is 0 Å². The van der Waals surface area contributed by atoms with Gasteiger partial charge in [0.1, 0.15) is 11.6 Å². The molecule has 1 aromatic carbocycles. The van der Waals surface area contributed by atoms with Crippen LogP contribution in [0.3, 0.4) is 0 Å². The summed E-state index contributed by atoms with van der Waals surface area (Å²) in [7, 11) is 0. The zero-order chi connectivity index (χ0) is 14.3. The van der Waals surface area contributed by atoms with E-state index in [4.69, 9.17) is 0 Å². The summed E-state index contributed by atoms with van der Waals surface area (Å²) in [6.45, 7) is 2.06. The summed E-state index contributed by atoms with van der Waals surface area (Å²) in [6.07, 6.45) is 2.67. The molecule has 0 aliphatic carbocycles. The third kappa shape index (κ3) is 1.86. The number of carboxylic acid groups (broad SMARTS) is 1. The first-order valence-electron chi connectivity index (χ1n) is 6.72. The van der Waals surface area contributed by atoms with Crippen LogP contribution in [0.1, 0.15) is 42.0 Å². The topological polar surface area (TPSA) is 75.3 Å². The molecule has 0 spiro atoms. The maximum Gasteiger partial charge on any atom is 0.356 e. The van der Waals surface area contributed by atoms with Gasteiger partial charge in [-0.2, -0.15) is 0 Å². The molecule has 1 aliphatic rings. The third-order valence-electron chi connectivity index (χ3n) is 3.83. The number of benzene rings is 1. The number of aromatic nitrogens is 2. The summed E-state index contributed by atoms with van der Waals surface area (Å²) in [6, 6.07) is 7.09. The highest BCUT2D eigenvalue weighted by Gasteiger charge is 2.28.